The molecule has 0 bridgehead atoms. The van der Waals surface area contributed by atoms with Gasteiger partial charge in [-0.25, -0.2) is 4.98 Å². The zero-order valence-electron chi connectivity index (χ0n) is 9.62. The molecule has 98 valence electrons. The molecular formula is C10H13ClN4O3. The second-order valence-corrected chi connectivity index (χ2v) is 4.47. The van der Waals surface area contributed by atoms with Gasteiger partial charge >= 0.3 is 5.69 Å². The third kappa shape index (κ3) is 2.51. The molecule has 1 aliphatic rings. The Morgan fingerprint density at radius 3 is 3.06 bits per heavy atom. The van der Waals surface area contributed by atoms with E-state index in [9.17, 15) is 15.2 Å². The maximum absolute atomic E-state index is 11.0. The predicted octanol–water partition coefficient (Wildman–Crippen LogP) is 1.39. The van der Waals surface area contributed by atoms with Crippen LogP contribution in [-0.2, 0) is 0 Å². The number of piperidine rings is 1. The fourth-order valence-electron chi connectivity index (χ4n) is 2.16. The summed E-state index contributed by atoms with van der Waals surface area (Å²) in [5.41, 5.74) is -0.181. The number of aliphatic hydroxyl groups excluding tert-OH is 1. The van der Waals surface area contributed by atoms with E-state index in [1.165, 1.54) is 0 Å². The van der Waals surface area contributed by atoms with Crippen molar-refractivity contribution in [2.45, 2.75) is 25.3 Å². The van der Waals surface area contributed by atoms with E-state index < -0.39 is 4.92 Å². The molecule has 2 rings (SSSR count). The van der Waals surface area contributed by atoms with E-state index in [4.69, 9.17) is 11.6 Å². The smallest absolute Gasteiger partial charge is 0.329 e. The SMILES string of the molecule is O=[N+]([O-])c1cnc(Cl)nc1N1CCCCC1CO. The lowest BCUT2D eigenvalue weighted by Gasteiger charge is -2.34. The fraction of sp³-hybridized carbons (Fsp3) is 0.600. The van der Waals surface area contributed by atoms with Crippen LogP contribution in [0.25, 0.3) is 0 Å². The Labute approximate surface area is 109 Å². The predicted molar refractivity (Wildman–Crippen MR) is 65.8 cm³/mol. The van der Waals surface area contributed by atoms with Gasteiger partial charge in [0.1, 0.15) is 6.20 Å². The van der Waals surface area contributed by atoms with Gasteiger partial charge in [-0.1, -0.05) is 0 Å². The maximum Gasteiger partial charge on any atom is 0.329 e. The van der Waals surface area contributed by atoms with Gasteiger partial charge in [-0.3, -0.25) is 10.1 Å². The van der Waals surface area contributed by atoms with Gasteiger partial charge in [-0.2, -0.15) is 4.98 Å². The summed E-state index contributed by atoms with van der Waals surface area (Å²) >= 11 is 5.70. The Kier molecular flexibility index (Phi) is 3.93. The first-order valence-electron chi connectivity index (χ1n) is 5.68. The third-order valence-electron chi connectivity index (χ3n) is 3.03. The molecule has 8 heteroatoms. The van der Waals surface area contributed by atoms with Crippen molar-refractivity contribution in [2.24, 2.45) is 0 Å². The van der Waals surface area contributed by atoms with Crippen LogP contribution in [-0.4, -0.2) is 39.2 Å². The highest BCUT2D eigenvalue weighted by Crippen LogP contribution is 2.31. The number of rotatable bonds is 3. The number of nitro groups is 1. The average Bonchev–Trinajstić information content (AvgIpc) is 2.38. The Hall–Kier alpha value is -1.47. The highest BCUT2D eigenvalue weighted by molar-refractivity contribution is 6.28. The van der Waals surface area contributed by atoms with E-state index in [-0.39, 0.29) is 29.4 Å². The Bertz CT molecular complexity index is 457. The van der Waals surface area contributed by atoms with E-state index >= 15 is 0 Å². The van der Waals surface area contributed by atoms with Crippen molar-refractivity contribution in [1.82, 2.24) is 9.97 Å². The van der Waals surface area contributed by atoms with Crippen molar-refractivity contribution in [1.29, 1.82) is 0 Å². The number of nitrogens with zero attached hydrogens (tertiary/aromatic N) is 4. The third-order valence-corrected chi connectivity index (χ3v) is 3.21. The standard InChI is InChI=1S/C10H13ClN4O3/c11-10-12-5-8(15(17)18)9(13-10)14-4-2-1-3-7(14)6-16/h5,7,16H,1-4,6H2. The zero-order valence-corrected chi connectivity index (χ0v) is 10.4. The van der Waals surface area contributed by atoms with Crippen LogP contribution in [0, 0.1) is 10.1 Å². The van der Waals surface area contributed by atoms with Gasteiger partial charge in [0.05, 0.1) is 17.6 Å². The van der Waals surface area contributed by atoms with Gasteiger partial charge in [0.25, 0.3) is 0 Å². The number of hydrogen-bond acceptors (Lipinski definition) is 6. The summed E-state index contributed by atoms with van der Waals surface area (Å²) in [6, 6.07) is -0.150. The highest BCUT2D eigenvalue weighted by atomic mass is 35.5. The summed E-state index contributed by atoms with van der Waals surface area (Å²) in [7, 11) is 0. The first-order chi connectivity index (χ1) is 8.63. The summed E-state index contributed by atoms with van der Waals surface area (Å²) in [5, 5.41) is 20.3. The number of anilines is 1. The van der Waals surface area contributed by atoms with E-state index in [1.807, 2.05) is 0 Å². The molecule has 1 aromatic heterocycles. The largest absolute Gasteiger partial charge is 0.394 e. The van der Waals surface area contributed by atoms with Crippen LogP contribution in [0.1, 0.15) is 19.3 Å². The van der Waals surface area contributed by atoms with Crippen LogP contribution in [0.15, 0.2) is 6.20 Å². The molecule has 1 N–H and O–H groups in total. The minimum atomic E-state index is -0.533. The molecule has 1 aromatic rings. The van der Waals surface area contributed by atoms with Crippen LogP contribution >= 0.6 is 11.6 Å². The van der Waals surface area contributed by atoms with Crippen LogP contribution in [0.4, 0.5) is 11.5 Å². The molecule has 0 amide bonds. The molecule has 0 saturated carbocycles. The van der Waals surface area contributed by atoms with Gasteiger partial charge in [0, 0.05) is 6.54 Å². The van der Waals surface area contributed by atoms with E-state index in [0.717, 1.165) is 25.5 Å². The van der Waals surface area contributed by atoms with Crippen LogP contribution in [0.3, 0.4) is 0 Å². The minimum Gasteiger partial charge on any atom is -0.394 e. The molecular weight excluding hydrogens is 260 g/mol. The van der Waals surface area contributed by atoms with Gasteiger partial charge in [0.2, 0.25) is 11.1 Å². The Morgan fingerprint density at radius 2 is 2.39 bits per heavy atom. The summed E-state index contributed by atoms with van der Waals surface area (Å²) in [4.78, 5) is 19.8. The number of aliphatic hydroxyl groups is 1. The van der Waals surface area contributed by atoms with Crippen LogP contribution < -0.4 is 4.90 Å². The minimum absolute atomic E-state index is 0.0298. The zero-order chi connectivity index (χ0) is 13.1. The first kappa shape index (κ1) is 13.0. The topological polar surface area (TPSA) is 92.4 Å². The molecule has 0 radical (unpaired) electrons. The summed E-state index contributed by atoms with van der Waals surface area (Å²) in [5.74, 6) is 0.193. The van der Waals surface area contributed by atoms with Gasteiger partial charge < -0.3 is 10.0 Å². The molecule has 0 spiro atoms. The molecule has 1 aliphatic heterocycles. The van der Waals surface area contributed by atoms with Crippen LogP contribution in [0.5, 0.6) is 0 Å². The molecule has 1 atom stereocenters. The maximum atomic E-state index is 11.0. The molecule has 0 aliphatic carbocycles. The molecule has 2 heterocycles. The highest BCUT2D eigenvalue weighted by Gasteiger charge is 2.29. The monoisotopic (exact) mass is 272 g/mol. The summed E-state index contributed by atoms with van der Waals surface area (Å²) in [6.07, 6.45) is 3.80. The lowest BCUT2D eigenvalue weighted by molar-refractivity contribution is -0.384. The van der Waals surface area contributed by atoms with E-state index in [0.29, 0.717) is 6.54 Å². The fourth-order valence-corrected chi connectivity index (χ4v) is 2.28. The molecule has 7 nitrogen and oxygen atoms in total. The van der Waals surface area contributed by atoms with Gasteiger partial charge in [0.15, 0.2) is 0 Å². The molecule has 18 heavy (non-hydrogen) atoms. The van der Waals surface area contributed by atoms with E-state index in [1.54, 1.807) is 4.90 Å². The van der Waals surface area contributed by atoms with Crippen molar-refractivity contribution in [2.75, 3.05) is 18.1 Å². The second-order valence-electron chi connectivity index (χ2n) is 4.13. The van der Waals surface area contributed by atoms with Gasteiger partial charge in [-0.15, -0.1) is 0 Å². The first-order valence-corrected chi connectivity index (χ1v) is 6.05. The Morgan fingerprint density at radius 1 is 1.61 bits per heavy atom. The molecule has 0 aromatic carbocycles. The lowest BCUT2D eigenvalue weighted by Crippen LogP contribution is -2.42. The molecule has 1 fully saturated rings. The quantitative estimate of drug-likeness (QED) is 0.508. The number of halogens is 1. The van der Waals surface area contributed by atoms with E-state index in [2.05, 4.69) is 9.97 Å². The van der Waals surface area contributed by atoms with Crippen molar-refractivity contribution in [3.05, 3.63) is 21.6 Å². The van der Waals surface area contributed by atoms with Crippen molar-refractivity contribution < 1.29 is 10.0 Å². The number of aromatic nitrogens is 2. The normalized spacial score (nSPS) is 19.9. The molecule has 1 unspecified atom stereocenters. The van der Waals surface area contributed by atoms with Gasteiger partial charge in [-0.05, 0) is 30.9 Å². The number of hydrogen-bond donors (Lipinski definition) is 1. The Balaban J connectivity index is 2.41. The lowest BCUT2D eigenvalue weighted by atomic mass is 10.0. The summed E-state index contributed by atoms with van der Waals surface area (Å²) in [6.45, 7) is 0.568. The van der Waals surface area contributed by atoms with Crippen LogP contribution in [0.2, 0.25) is 5.28 Å². The second kappa shape index (κ2) is 5.45. The van der Waals surface area contributed by atoms with Crippen molar-refractivity contribution in [3.8, 4) is 0 Å². The average molecular weight is 273 g/mol. The van der Waals surface area contributed by atoms with Crippen molar-refractivity contribution >= 4 is 23.1 Å². The summed E-state index contributed by atoms with van der Waals surface area (Å²) < 4.78 is 0. The molecule has 1 saturated heterocycles. The van der Waals surface area contributed by atoms with Crippen molar-refractivity contribution in [3.63, 3.8) is 0 Å².